The van der Waals surface area contributed by atoms with Crippen LogP contribution in [0.1, 0.15) is 56.4 Å². The first-order valence-electron chi connectivity index (χ1n) is 9.40. The normalized spacial score (nSPS) is 15.4. The number of aliphatic hydroxyl groups excluding tert-OH is 1. The van der Waals surface area contributed by atoms with Crippen LogP contribution < -0.4 is 0 Å². The van der Waals surface area contributed by atoms with Crippen LogP contribution in [-0.4, -0.2) is 29.6 Å². The Morgan fingerprint density at radius 1 is 0.840 bits per heavy atom. The molecule has 2 aromatic rings. The highest BCUT2D eigenvalue weighted by Gasteiger charge is 2.22. The van der Waals surface area contributed by atoms with Crippen LogP contribution in [0.15, 0.2) is 54.6 Å². The quantitative estimate of drug-likeness (QED) is 0.728. The molecule has 3 unspecified atom stereocenters. The molecule has 25 heavy (non-hydrogen) atoms. The average molecular weight is 340 g/mol. The molecule has 1 N–H and O–H groups in total. The van der Waals surface area contributed by atoms with Crippen LogP contribution in [0.3, 0.4) is 0 Å². The van der Waals surface area contributed by atoms with E-state index in [1.165, 1.54) is 11.1 Å². The monoisotopic (exact) mass is 339 g/mol. The molecular weight excluding hydrogens is 306 g/mol. The zero-order chi connectivity index (χ0) is 18.4. The first-order valence-corrected chi connectivity index (χ1v) is 9.40. The van der Waals surface area contributed by atoms with Gasteiger partial charge in [0.2, 0.25) is 0 Å². The van der Waals surface area contributed by atoms with Gasteiger partial charge in [-0.15, -0.1) is 0 Å². The van der Waals surface area contributed by atoms with Gasteiger partial charge < -0.3 is 10.0 Å². The average Bonchev–Trinajstić information content (AvgIpc) is 2.61. The van der Waals surface area contributed by atoms with Crippen molar-refractivity contribution in [2.45, 2.75) is 52.2 Å². The van der Waals surface area contributed by atoms with Gasteiger partial charge in [0.05, 0.1) is 6.10 Å². The van der Waals surface area contributed by atoms with Crippen molar-refractivity contribution in [1.82, 2.24) is 4.90 Å². The summed E-state index contributed by atoms with van der Waals surface area (Å²) in [5.74, 6) is 1.12. The molecule has 0 aromatic heterocycles. The summed E-state index contributed by atoms with van der Waals surface area (Å²) >= 11 is 0. The Kier molecular flexibility index (Phi) is 7.22. The summed E-state index contributed by atoms with van der Waals surface area (Å²) in [6.07, 6.45) is 0.668. The molecule has 2 heteroatoms. The maximum absolute atomic E-state index is 10.6. The summed E-state index contributed by atoms with van der Waals surface area (Å²) < 4.78 is 0. The number of likely N-dealkylation sites (N-methyl/N-ethyl adjacent to an activating group) is 1. The summed E-state index contributed by atoms with van der Waals surface area (Å²) in [6.45, 7) is 9.79. The standard InChI is InChI=1S/C23H33NO/c1-17(2)15-20-11-13-21(14-12-20)18(3)16-24(5)19(4)23(25)22-9-7-6-8-10-22/h6-14,17-19,23,25H,15-16H2,1-5H3. The van der Waals surface area contributed by atoms with Crippen LogP contribution in [0.2, 0.25) is 0 Å². The van der Waals surface area contributed by atoms with E-state index in [1.54, 1.807) is 0 Å². The van der Waals surface area contributed by atoms with Gasteiger partial charge in [0.15, 0.2) is 0 Å². The third-order valence-electron chi connectivity index (χ3n) is 5.05. The minimum atomic E-state index is -0.466. The summed E-state index contributed by atoms with van der Waals surface area (Å²) in [5, 5.41) is 10.6. The number of hydrogen-bond donors (Lipinski definition) is 1. The Morgan fingerprint density at radius 3 is 2.00 bits per heavy atom. The van der Waals surface area contributed by atoms with Crippen LogP contribution in [0, 0.1) is 5.92 Å². The second-order valence-electron chi connectivity index (χ2n) is 7.78. The molecule has 0 fully saturated rings. The zero-order valence-corrected chi connectivity index (χ0v) is 16.3. The van der Waals surface area contributed by atoms with Crippen LogP contribution in [0.5, 0.6) is 0 Å². The smallest absolute Gasteiger partial charge is 0.0942 e. The van der Waals surface area contributed by atoms with Gasteiger partial charge in [-0.05, 0) is 48.9 Å². The van der Waals surface area contributed by atoms with Gasteiger partial charge in [-0.2, -0.15) is 0 Å². The Bertz CT molecular complexity index is 620. The molecule has 2 aromatic carbocycles. The van der Waals surface area contributed by atoms with Gasteiger partial charge in [0.25, 0.3) is 0 Å². The van der Waals surface area contributed by atoms with Gasteiger partial charge >= 0.3 is 0 Å². The molecule has 0 aliphatic carbocycles. The molecule has 3 atom stereocenters. The van der Waals surface area contributed by atoms with Crippen molar-refractivity contribution in [3.05, 3.63) is 71.3 Å². The molecule has 2 nitrogen and oxygen atoms in total. The molecule has 0 aliphatic heterocycles. The van der Waals surface area contributed by atoms with Crippen molar-refractivity contribution in [3.63, 3.8) is 0 Å². The maximum Gasteiger partial charge on any atom is 0.0942 e. The largest absolute Gasteiger partial charge is 0.387 e. The van der Waals surface area contributed by atoms with Gasteiger partial charge in [-0.3, -0.25) is 0 Å². The Labute approximate surface area is 153 Å². The van der Waals surface area contributed by atoms with E-state index in [-0.39, 0.29) is 6.04 Å². The van der Waals surface area contributed by atoms with E-state index in [0.717, 1.165) is 18.5 Å². The third-order valence-corrected chi connectivity index (χ3v) is 5.05. The fourth-order valence-electron chi connectivity index (χ4n) is 3.33. The number of benzene rings is 2. The van der Waals surface area contributed by atoms with E-state index in [9.17, 15) is 5.11 Å². The van der Waals surface area contributed by atoms with Crippen molar-refractivity contribution in [3.8, 4) is 0 Å². The van der Waals surface area contributed by atoms with Crippen LogP contribution in [0.25, 0.3) is 0 Å². The molecule has 0 amide bonds. The lowest BCUT2D eigenvalue weighted by molar-refractivity contribution is 0.0701. The van der Waals surface area contributed by atoms with Crippen molar-refractivity contribution in [2.24, 2.45) is 5.92 Å². The van der Waals surface area contributed by atoms with E-state index in [4.69, 9.17) is 0 Å². The Morgan fingerprint density at radius 2 is 1.44 bits per heavy atom. The highest BCUT2D eigenvalue weighted by molar-refractivity contribution is 5.26. The molecule has 0 saturated carbocycles. The lowest BCUT2D eigenvalue weighted by atomic mass is 9.95. The molecule has 0 radical (unpaired) electrons. The molecule has 136 valence electrons. The fraction of sp³-hybridized carbons (Fsp3) is 0.478. The van der Waals surface area contributed by atoms with E-state index < -0.39 is 6.10 Å². The second-order valence-corrected chi connectivity index (χ2v) is 7.78. The molecule has 0 saturated heterocycles. The van der Waals surface area contributed by atoms with Crippen molar-refractivity contribution in [1.29, 1.82) is 0 Å². The van der Waals surface area contributed by atoms with Gasteiger partial charge in [-0.25, -0.2) is 0 Å². The summed E-state index contributed by atoms with van der Waals surface area (Å²) in [5.41, 5.74) is 3.75. The lowest BCUT2D eigenvalue weighted by Crippen LogP contribution is -2.36. The van der Waals surface area contributed by atoms with E-state index in [2.05, 4.69) is 63.9 Å². The number of hydrogen-bond acceptors (Lipinski definition) is 2. The third kappa shape index (κ3) is 5.69. The topological polar surface area (TPSA) is 23.5 Å². The predicted molar refractivity (Wildman–Crippen MR) is 107 cm³/mol. The Balaban J connectivity index is 1.95. The zero-order valence-electron chi connectivity index (χ0n) is 16.3. The number of rotatable bonds is 8. The van der Waals surface area contributed by atoms with Gasteiger partial charge in [-0.1, -0.05) is 75.4 Å². The SMILES string of the molecule is CC(C)Cc1ccc(C(C)CN(C)C(C)C(O)c2ccccc2)cc1. The van der Waals surface area contributed by atoms with Crippen LogP contribution in [-0.2, 0) is 6.42 Å². The summed E-state index contributed by atoms with van der Waals surface area (Å²) in [7, 11) is 2.10. The second kappa shape index (κ2) is 9.17. The highest BCUT2D eigenvalue weighted by Crippen LogP contribution is 2.23. The van der Waals surface area contributed by atoms with Crippen molar-refractivity contribution in [2.75, 3.05) is 13.6 Å². The first-order chi connectivity index (χ1) is 11.9. The van der Waals surface area contributed by atoms with Gasteiger partial charge in [0, 0.05) is 12.6 Å². The molecule has 2 rings (SSSR count). The number of aliphatic hydroxyl groups is 1. The van der Waals surface area contributed by atoms with Crippen LogP contribution >= 0.6 is 0 Å². The molecular formula is C23H33NO. The lowest BCUT2D eigenvalue weighted by Gasteiger charge is -2.31. The van der Waals surface area contributed by atoms with E-state index in [0.29, 0.717) is 11.8 Å². The highest BCUT2D eigenvalue weighted by atomic mass is 16.3. The van der Waals surface area contributed by atoms with E-state index >= 15 is 0 Å². The van der Waals surface area contributed by atoms with Crippen molar-refractivity contribution >= 4 is 0 Å². The van der Waals surface area contributed by atoms with E-state index in [1.807, 2.05) is 30.3 Å². The number of nitrogens with zero attached hydrogens (tertiary/aromatic N) is 1. The Hall–Kier alpha value is -1.64. The molecule has 0 bridgehead atoms. The first kappa shape index (κ1) is 19.7. The summed E-state index contributed by atoms with van der Waals surface area (Å²) in [4.78, 5) is 2.25. The molecule has 0 heterocycles. The van der Waals surface area contributed by atoms with Gasteiger partial charge in [0.1, 0.15) is 0 Å². The predicted octanol–water partition coefficient (Wildman–Crippen LogP) is 5.04. The van der Waals surface area contributed by atoms with Crippen LogP contribution in [0.4, 0.5) is 0 Å². The minimum Gasteiger partial charge on any atom is -0.387 e. The van der Waals surface area contributed by atoms with Crippen molar-refractivity contribution < 1.29 is 5.11 Å². The molecule has 0 aliphatic rings. The maximum atomic E-state index is 10.6. The molecule has 0 spiro atoms. The summed E-state index contributed by atoms with van der Waals surface area (Å²) in [6, 6.07) is 19.0. The fourth-order valence-corrected chi connectivity index (χ4v) is 3.33. The minimum absolute atomic E-state index is 0.0741.